The lowest BCUT2D eigenvalue weighted by molar-refractivity contribution is -0.127. The number of nitrogens with zero attached hydrogens (tertiary/aromatic N) is 1. The van der Waals surface area contributed by atoms with E-state index in [1.807, 2.05) is 60.7 Å². The first-order valence-electron chi connectivity index (χ1n) is 13.0. The van der Waals surface area contributed by atoms with E-state index in [1.54, 1.807) is 0 Å². The Balaban J connectivity index is 1.05. The minimum atomic E-state index is -0.513. The lowest BCUT2D eigenvalue weighted by atomic mass is 9.87. The van der Waals surface area contributed by atoms with E-state index < -0.39 is 5.92 Å². The normalized spacial score (nSPS) is 22.5. The first-order valence-corrected chi connectivity index (χ1v) is 13.4. The number of carbonyl (C=O) groups is 2. The van der Waals surface area contributed by atoms with Crippen LogP contribution in [0.3, 0.4) is 0 Å². The number of nitrogens with one attached hydrogen (secondary N) is 2. The molecule has 7 heteroatoms. The Morgan fingerprint density at radius 3 is 2.08 bits per heavy atom. The van der Waals surface area contributed by atoms with Crippen LogP contribution in [0.5, 0.6) is 11.5 Å². The fourth-order valence-corrected chi connectivity index (χ4v) is 6.32. The van der Waals surface area contributed by atoms with Crippen LogP contribution in [-0.4, -0.2) is 41.4 Å². The number of amides is 2. The van der Waals surface area contributed by atoms with Gasteiger partial charge in [0.25, 0.3) is 0 Å². The molecule has 3 aliphatic rings. The highest BCUT2D eigenvalue weighted by Gasteiger charge is 2.41. The molecule has 3 aromatic carbocycles. The highest BCUT2D eigenvalue weighted by atomic mass is 35.5. The molecule has 0 aliphatic carbocycles. The number of benzene rings is 3. The molecule has 3 aromatic rings. The van der Waals surface area contributed by atoms with Gasteiger partial charge >= 0.3 is 0 Å². The van der Waals surface area contributed by atoms with Crippen LogP contribution < -0.4 is 15.4 Å². The van der Waals surface area contributed by atoms with E-state index in [4.69, 9.17) is 16.3 Å². The molecule has 1 unspecified atom stereocenters. The fraction of sp³-hybridized carbons (Fsp3) is 0.333. The summed E-state index contributed by atoms with van der Waals surface area (Å²) in [6.07, 6.45) is 4.18. The second kappa shape index (κ2) is 10.2. The van der Waals surface area contributed by atoms with Gasteiger partial charge < -0.3 is 15.4 Å². The van der Waals surface area contributed by atoms with Gasteiger partial charge in [0.2, 0.25) is 11.8 Å². The highest BCUT2D eigenvalue weighted by Crippen LogP contribution is 2.44. The Bertz CT molecular complexity index is 1250. The van der Waals surface area contributed by atoms with Gasteiger partial charge in [0, 0.05) is 40.8 Å². The van der Waals surface area contributed by atoms with E-state index >= 15 is 0 Å². The summed E-state index contributed by atoms with van der Waals surface area (Å²) in [6.45, 7) is 0.873. The summed E-state index contributed by atoms with van der Waals surface area (Å²) in [7, 11) is 0. The van der Waals surface area contributed by atoms with Crippen LogP contribution in [0, 0.1) is 0 Å². The number of hydrogen-bond acceptors (Lipinski definition) is 4. The molecule has 2 saturated heterocycles. The zero-order chi connectivity index (χ0) is 25.4. The lowest BCUT2D eigenvalue weighted by Gasteiger charge is -2.39. The molecule has 37 heavy (non-hydrogen) atoms. The van der Waals surface area contributed by atoms with Crippen LogP contribution >= 0.6 is 11.6 Å². The molecule has 0 radical (unpaired) electrons. The standard InChI is InChI=1S/C30H30ClN3O3/c31-20-11-9-19(10-12-20)18-34-22-13-14-23(34)16-21(15-22)33-28(35)17-32-30(36)29-24-5-1-3-7-26(24)37-27-8-4-2-6-25(27)29/h1-12,21-23,29H,13-18H2,(H,32,36)(H,33,35)/t21?,22-,23+. The molecule has 6 nitrogen and oxygen atoms in total. The molecular weight excluding hydrogens is 486 g/mol. The number of fused-ring (bicyclic) bond motifs is 4. The first kappa shape index (κ1) is 24.0. The third-order valence-electron chi connectivity index (χ3n) is 7.89. The molecule has 3 aliphatic heterocycles. The van der Waals surface area contributed by atoms with E-state index in [1.165, 1.54) is 5.56 Å². The van der Waals surface area contributed by atoms with E-state index in [0.29, 0.717) is 23.6 Å². The van der Waals surface area contributed by atoms with Crippen LogP contribution in [-0.2, 0) is 16.1 Å². The monoisotopic (exact) mass is 515 g/mol. The lowest BCUT2D eigenvalue weighted by Crippen LogP contribution is -2.51. The predicted molar refractivity (Wildman–Crippen MR) is 143 cm³/mol. The first-order chi connectivity index (χ1) is 18.0. The number of hydrogen-bond donors (Lipinski definition) is 2. The van der Waals surface area contributed by atoms with Gasteiger partial charge in [-0.15, -0.1) is 0 Å². The quantitative estimate of drug-likeness (QED) is 0.484. The van der Waals surface area contributed by atoms with Crippen molar-refractivity contribution < 1.29 is 14.3 Å². The van der Waals surface area contributed by atoms with E-state index in [2.05, 4.69) is 27.7 Å². The van der Waals surface area contributed by atoms with Gasteiger partial charge in [0.1, 0.15) is 11.5 Å². The van der Waals surface area contributed by atoms with Crippen molar-refractivity contribution in [3.63, 3.8) is 0 Å². The third-order valence-corrected chi connectivity index (χ3v) is 8.15. The summed E-state index contributed by atoms with van der Waals surface area (Å²) in [5.74, 6) is 0.493. The van der Waals surface area contributed by atoms with Crippen molar-refractivity contribution >= 4 is 23.4 Å². The van der Waals surface area contributed by atoms with Gasteiger partial charge in [-0.3, -0.25) is 14.5 Å². The van der Waals surface area contributed by atoms with Gasteiger partial charge in [-0.25, -0.2) is 0 Å². The predicted octanol–water partition coefficient (Wildman–Crippen LogP) is 5.01. The molecule has 0 spiro atoms. The van der Waals surface area contributed by atoms with Crippen molar-refractivity contribution in [2.75, 3.05) is 6.54 Å². The number of ether oxygens (including phenoxy) is 1. The second-order valence-corrected chi connectivity index (χ2v) is 10.7. The summed E-state index contributed by atoms with van der Waals surface area (Å²) >= 11 is 6.04. The van der Waals surface area contributed by atoms with E-state index in [9.17, 15) is 9.59 Å². The number of para-hydroxylation sites is 2. The van der Waals surface area contributed by atoms with Gasteiger partial charge in [0.05, 0.1) is 12.5 Å². The summed E-state index contributed by atoms with van der Waals surface area (Å²) in [6, 6.07) is 24.3. The van der Waals surface area contributed by atoms with Crippen molar-refractivity contribution in [1.82, 2.24) is 15.5 Å². The summed E-state index contributed by atoms with van der Waals surface area (Å²) < 4.78 is 5.99. The fourth-order valence-electron chi connectivity index (χ4n) is 6.19. The number of piperidine rings is 1. The molecule has 2 amide bonds. The number of carbonyl (C=O) groups excluding carboxylic acids is 2. The smallest absolute Gasteiger partial charge is 0.239 e. The molecular formula is C30H30ClN3O3. The minimum absolute atomic E-state index is 0.0408. The average Bonchev–Trinajstić information content (AvgIpc) is 3.13. The Hall–Kier alpha value is -3.35. The zero-order valence-electron chi connectivity index (χ0n) is 20.5. The Labute approximate surface area is 222 Å². The molecule has 3 heterocycles. The van der Waals surface area contributed by atoms with Crippen LogP contribution in [0.2, 0.25) is 5.02 Å². The van der Waals surface area contributed by atoms with Gasteiger partial charge in [-0.1, -0.05) is 60.1 Å². The van der Waals surface area contributed by atoms with Crippen molar-refractivity contribution in [2.24, 2.45) is 0 Å². The molecule has 0 aromatic heterocycles. The summed E-state index contributed by atoms with van der Waals surface area (Å²) in [5, 5.41) is 6.82. The van der Waals surface area contributed by atoms with Gasteiger partial charge in [0.15, 0.2) is 0 Å². The van der Waals surface area contributed by atoms with Crippen LogP contribution in [0.4, 0.5) is 0 Å². The molecule has 2 bridgehead atoms. The molecule has 190 valence electrons. The summed E-state index contributed by atoms with van der Waals surface area (Å²) in [4.78, 5) is 28.7. The van der Waals surface area contributed by atoms with Crippen LogP contribution in [0.25, 0.3) is 0 Å². The van der Waals surface area contributed by atoms with E-state index in [0.717, 1.165) is 48.4 Å². The Morgan fingerprint density at radius 2 is 1.46 bits per heavy atom. The van der Waals surface area contributed by atoms with Crippen molar-refractivity contribution in [1.29, 1.82) is 0 Å². The van der Waals surface area contributed by atoms with E-state index in [-0.39, 0.29) is 24.4 Å². The largest absolute Gasteiger partial charge is 0.457 e. The Kier molecular flexibility index (Phi) is 6.61. The highest BCUT2D eigenvalue weighted by molar-refractivity contribution is 6.30. The Morgan fingerprint density at radius 1 is 0.865 bits per heavy atom. The van der Waals surface area contributed by atoms with Crippen molar-refractivity contribution in [2.45, 2.75) is 56.3 Å². The minimum Gasteiger partial charge on any atom is -0.457 e. The van der Waals surface area contributed by atoms with Gasteiger partial charge in [-0.05, 0) is 55.5 Å². The van der Waals surface area contributed by atoms with Crippen LogP contribution in [0.1, 0.15) is 48.3 Å². The number of halogens is 1. The maximum absolute atomic E-state index is 13.3. The summed E-state index contributed by atoms with van der Waals surface area (Å²) in [5.41, 5.74) is 2.88. The number of rotatable bonds is 6. The van der Waals surface area contributed by atoms with Gasteiger partial charge in [-0.2, -0.15) is 0 Å². The molecule has 2 fully saturated rings. The SMILES string of the molecule is O=C(CNC(=O)C1c2ccccc2Oc2ccccc21)NC1C[C@H]2CC[C@@H](C1)N2Cc1ccc(Cl)cc1. The molecule has 3 atom stereocenters. The topological polar surface area (TPSA) is 70.7 Å². The van der Waals surface area contributed by atoms with Crippen molar-refractivity contribution in [3.05, 3.63) is 94.5 Å². The third kappa shape index (κ3) is 4.96. The van der Waals surface area contributed by atoms with Crippen LogP contribution in [0.15, 0.2) is 72.8 Å². The molecule has 6 rings (SSSR count). The zero-order valence-corrected chi connectivity index (χ0v) is 21.3. The maximum Gasteiger partial charge on any atom is 0.239 e. The maximum atomic E-state index is 13.3. The molecule has 0 saturated carbocycles. The average molecular weight is 516 g/mol. The van der Waals surface area contributed by atoms with Crippen molar-refractivity contribution in [3.8, 4) is 11.5 Å². The second-order valence-electron chi connectivity index (χ2n) is 10.2. The molecule has 2 N–H and O–H groups in total.